The van der Waals surface area contributed by atoms with E-state index in [1.165, 1.54) is 0 Å². The first-order valence-corrected chi connectivity index (χ1v) is 12.9. The molecule has 1 aliphatic heterocycles. The summed E-state index contributed by atoms with van der Waals surface area (Å²) in [4.78, 5) is 34.4. The maximum absolute atomic E-state index is 12.6. The molecule has 0 unspecified atom stereocenters. The number of aromatic amines is 2. The fourth-order valence-electron chi connectivity index (χ4n) is 5.11. The highest BCUT2D eigenvalue weighted by atomic mass is 16.3. The average Bonchev–Trinajstić information content (AvgIpc) is 3.73. The molecule has 0 atom stereocenters. The first kappa shape index (κ1) is 23.2. The zero-order valence-electron chi connectivity index (χ0n) is 20.9. The second kappa shape index (κ2) is 9.76. The zero-order chi connectivity index (χ0) is 26.2. The Morgan fingerprint density at radius 1 is 0.974 bits per heavy atom. The number of rotatable bonds is 6. The lowest BCUT2D eigenvalue weighted by atomic mass is 9.94. The fraction of sp³-hybridized carbons (Fsp3) is 0.214. The van der Waals surface area contributed by atoms with E-state index in [9.17, 15) is 4.79 Å². The molecular formula is C28H25N9O2. The molecule has 194 valence electrons. The predicted molar refractivity (Wildman–Crippen MR) is 147 cm³/mol. The van der Waals surface area contributed by atoms with Gasteiger partial charge in [-0.25, -0.2) is 9.97 Å². The van der Waals surface area contributed by atoms with Crippen LogP contribution in [0, 0.1) is 5.92 Å². The smallest absolute Gasteiger partial charge is 0.224 e. The van der Waals surface area contributed by atoms with Crippen LogP contribution in [-0.4, -0.2) is 54.1 Å². The van der Waals surface area contributed by atoms with Crippen LogP contribution < -0.4 is 10.6 Å². The van der Waals surface area contributed by atoms with Gasteiger partial charge in [-0.1, -0.05) is 0 Å². The van der Waals surface area contributed by atoms with Crippen molar-refractivity contribution in [3.05, 3.63) is 61.6 Å². The number of nitrogens with one attached hydrogen (secondary N) is 4. The van der Waals surface area contributed by atoms with Crippen LogP contribution >= 0.6 is 0 Å². The van der Waals surface area contributed by atoms with Crippen LogP contribution in [-0.2, 0) is 4.79 Å². The number of nitrogens with zero attached hydrogens (tertiary/aromatic N) is 5. The Hall–Kier alpha value is -4.90. The summed E-state index contributed by atoms with van der Waals surface area (Å²) in [6, 6.07) is 7.60. The largest absolute Gasteiger partial charge is 0.472 e. The molecule has 6 aromatic rings. The van der Waals surface area contributed by atoms with E-state index >= 15 is 0 Å². The Labute approximate surface area is 222 Å². The number of hydrogen-bond donors (Lipinski definition) is 4. The van der Waals surface area contributed by atoms with E-state index in [1.54, 1.807) is 37.3 Å². The number of anilines is 1. The molecule has 6 aromatic heterocycles. The molecule has 7 heterocycles. The SMILES string of the molecule is O=C(CC1CCNCC1)Nc1cncc(-c2ccc3[nH]nc(-c4nc5c(-c6ccoc6)cncc5[nH]4)c3n2)c1. The molecule has 0 saturated carbocycles. The highest BCUT2D eigenvalue weighted by Gasteiger charge is 2.19. The third-order valence-corrected chi connectivity index (χ3v) is 7.11. The molecule has 4 N–H and O–H groups in total. The summed E-state index contributed by atoms with van der Waals surface area (Å²) >= 11 is 0. The van der Waals surface area contributed by atoms with Crippen molar-refractivity contribution in [2.75, 3.05) is 18.4 Å². The summed E-state index contributed by atoms with van der Waals surface area (Å²) in [7, 11) is 0. The minimum Gasteiger partial charge on any atom is -0.472 e. The lowest BCUT2D eigenvalue weighted by Gasteiger charge is -2.21. The molecule has 0 radical (unpaired) electrons. The van der Waals surface area contributed by atoms with Gasteiger partial charge in [0.1, 0.15) is 11.0 Å². The van der Waals surface area contributed by atoms with Crippen LogP contribution in [0.2, 0.25) is 0 Å². The first-order chi connectivity index (χ1) is 19.2. The van der Waals surface area contributed by atoms with E-state index in [2.05, 4.69) is 35.8 Å². The van der Waals surface area contributed by atoms with Crippen molar-refractivity contribution >= 4 is 33.7 Å². The summed E-state index contributed by atoms with van der Waals surface area (Å²) in [5.74, 6) is 1.00. The monoisotopic (exact) mass is 519 g/mol. The van der Waals surface area contributed by atoms with Crippen molar-refractivity contribution < 1.29 is 9.21 Å². The van der Waals surface area contributed by atoms with E-state index in [4.69, 9.17) is 14.4 Å². The molecule has 1 saturated heterocycles. The number of fused-ring (bicyclic) bond motifs is 2. The number of aromatic nitrogens is 7. The molecular weight excluding hydrogens is 494 g/mol. The summed E-state index contributed by atoms with van der Waals surface area (Å²) in [5, 5.41) is 13.9. The van der Waals surface area contributed by atoms with Gasteiger partial charge in [-0.3, -0.25) is 19.9 Å². The third-order valence-electron chi connectivity index (χ3n) is 7.11. The number of carbonyl (C=O) groups excluding carboxylic acids is 1. The van der Waals surface area contributed by atoms with Crippen molar-refractivity contribution in [2.45, 2.75) is 19.3 Å². The van der Waals surface area contributed by atoms with Gasteiger partial charge < -0.3 is 20.0 Å². The zero-order valence-corrected chi connectivity index (χ0v) is 20.9. The Balaban J connectivity index is 1.19. The van der Waals surface area contributed by atoms with Gasteiger partial charge in [0.2, 0.25) is 5.91 Å². The number of furan rings is 1. The van der Waals surface area contributed by atoms with Gasteiger partial charge in [0.15, 0.2) is 11.5 Å². The lowest BCUT2D eigenvalue weighted by molar-refractivity contribution is -0.117. The van der Waals surface area contributed by atoms with Crippen LogP contribution in [0.5, 0.6) is 0 Å². The summed E-state index contributed by atoms with van der Waals surface area (Å²) in [5.41, 5.74) is 7.52. The second-order valence-electron chi connectivity index (χ2n) is 9.75. The molecule has 0 aliphatic carbocycles. The number of pyridine rings is 3. The van der Waals surface area contributed by atoms with Gasteiger partial charge in [0, 0.05) is 35.5 Å². The fourth-order valence-corrected chi connectivity index (χ4v) is 5.11. The summed E-state index contributed by atoms with van der Waals surface area (Å²) in [6.07, 6.45) is 12.8. The Morgan fingerprint density at radius 2 is 1.87 bits per heavy atom. The van der Waals surface area contributed by atoms with Crippen molar-refractivity contribution in [1.82, 2.24) is 40.4 Å². The van der Waals surface area contributed by atoms with Gasteiger partial charge in [-0.15, -0.1) is 0 Å². The number of imidazole rings is 1. The van der Waals surface area contributed by atoms with Crippen molar-refractivity contribution in [3.63, 3.8) is 0 Å². The molecule has 1 aliphatic rings. The molecule has 0 spiro atoms. The second-order valence-corrected chi connectivity index (χ2v) is 9.75. The number of amides is 1. The van der Waals surface area contributed by atoms with Crippen LogP contribution in [0.15, 0.2) is 66.0 Å². The quantitative estimate of drug-likeness (QED) is 0.250. The van der Waals surface area contributed by atoms with Crippen molar-refractivity contribution in [1.29, 1.82) is 0 Å². The highest BCUT2D eigenvalue weighted by molar-refractivity contribution is 5.96. The van der Waals surface area contributed by atoms with Gasteiger partial charge in [0.25, 0.3) is 0 Å². The number of H-pyrrole nitrogens is 2. The van der Waals surface area contributed by atoms with Crippen LogP contribution in [0.1, 0.15) is 19.3 Å². The van der Waals surface area contributed by atoms with Gasteiger partial charge in [-0.05, 0) is 56.1 Å². The molecule has 11 heteroatoms. The Morgan fingerprint density at radius 3 is 2.74 bits per heavy atom. The topological polar surface area (TPSA) is 150 Å². The Bertz CT molecular complexity index is 1780. The lowest BCUT2D eigenvalue weighted by Crippen LogP contribution is -2.30. The highest BCUT2D eigenvalue weighted by Crippen LogP contribution is 2.31. The standard InChI is InChI=1S/C28H25N9O2/c38-24(9-16-3-6-29-7-4-16)32-19-10-18(11-30-12-19)21-1-2-22-26(33-21)27(37-36-22)28-34-23-14-31-13-20(25(23)35-28)17-5-8-39-15-17/h1-2,5,8,10-16,29H,3-4,6-7,9H2,(H,32,38)(H,34,35)(H,36,37). The van der Waals surface area contributed by atoms with Crippen LogP contribution in [0.4, 0.5) is 5.69 Å². The molecule has 7 rings (SSSR count). The van der Waals surface area contributed by atoms with E-state index in [-0.39, 0.29) is 5.91 Å². The molecule has 0 aromatic carbocycles. The van der Waals surface area contributed by atoms with Crippen molar-refractivity contribution in [2.24, 2.45) is 5.92 Å². The third kappa shape index (κ3) is 4.53. The van der Waals surface area contributed by atoms with Crippen LogP contribution in [0.3, 0.4) is 0 Å². The first-order valence-electron chi connectivity index (χ1n) is 12.9. The number of piperidine rings is 1. The summed E-state index contributed by atoms with van der Waals surface area (Å²) in [6.45, 7) is 1.94. The minimum absolute atomic E-state index is 0.00977. The molecule has 39 heavy (non-hydrogen) atoms. The van der Waals surface area contributed by atoms with E-state index in [1.807, 2.05) is 24.3 Å². The number of carbonyl (C=O) groups is 1. The van der Waals surface area contributed by atoms with Crippen molar-refractivity contribution in [3.8, 4) is 33.9 Å². The molecule has 1 amide bonds. The van der Waals surface area contributed by atoms with E-state index < -0.39 is 0 Å². The van der Waals surface area contributed by atoms with Crippen LogP contribution in [0.25, 0.3) is 56.0 Å². The molecule has 11 nitrogen and oxygen atoms in total. The maximum atomic E-state index is 12.6. The Kier molecular flexibility index (Phi) is 5.82. The maximum Gasteiger partial charge on any atom is 0.224 e. The predicted octanol–water partition coefficient (Wildman–Crippen LogP) is 4.55. The molecule has 0 bridgehead atoms. The average molecular weight is 520 g/mol. The minimum atomic E-state index is 0.00977. The van der Waals surface area contributed by atoms with Gasteiger partial charge in [0.05, 0.1) is 47.3 Å². The van der Waals surface area contributed by atoms with E-state index in [0.29, 0.717) is 40.8 Å². The number of hydrogen-bond acceptors (Lipinski definition) is 8. The van der Waals surface area contributed by atoms with E-state index in [0.717, 1.165) is 59.2 Å². The summed E-state index contributed by atoms with van der Waals surface area (Å²) < 4.78 is 5.25. The van der Waals surface area contributed by atoms with Gasteiger partial charge >= 0.3 is 0 Å². The normalized spacial score (nSPS) is 14.3. The molecule has 1 fully saturated rings. The van der Waals surface area contributed by atoms with Gasteiger partial charge in [-0.2, -0.15) is 5.10 Å².